The first-order valence-electron chi connectivity index (χ1n) is 9.63. The fourth-order valence-corrected chi connectivity index (χ4v) is 4.29. The van der Waals surface area contributed by atoms with Gasteiger partial charge in [0.25, 0.3) is 16.1 Å². The summed E-state index contributed by atoms with van der Waals surface area (Å²) in [5.41, 5.74) is 0.842. The van der Waals surface area contributed by atoms with Crippen molar-refractivity contribution in [3.05, 3.63) is 29.8 Å². The lowest BCUT2D eigenvalue weighted by Gasteiger charge is -2.32. The molecule has 9 heteroatoms. The van der Waals surface area contributed by atoms with Crippen LogP contribution in [0.15, 0.2) is 24.3 Å². The van der Waals surface area contributed by atoms with Crippen molar-refractivity contribution >= 4 is 27.7 Å². The molecule has 2 rings (SSSR count). The van der Waals surface area contributed by atoms with E-state index in [4.69, 9.17) is 0 Å². The van der Waals surface area contributed by atoms with E-state index in [1.165, 1.54) is 18.4 Å². The number of anilines is 1. The van der Waals surface area contributed by atoms with Gasteiger partial charge in [0.2, 0.25) is 5.91 Å². The number of piperidine rings is 1. The van der Waals surface area contributed by atoms with Crippen molar-refractivity contribution in [1.82, 2.24) is 13.9 Å². The molecule has 8 nitrogen and oxygen atoms in total. The predicted molar refractivity (Wildman–Crippen MR) is 109 cm³/mol. The summed E-state index contributed by atoms with van der Waals surface area (Å²) in [5.74, 6) is -0.961. The van der Waals surface area contributed by atoms with E-state index >= 15 is 0 Å². The maximum Gasteiger partial charge on any atom is 0.281 e. The van der Waals surface area contributed by atoms with Crippen LogP contribution < -0.4 is 10.6 Å². The van der Waals surface area contributed by atoms with E-state index in [1.807, 2.05) is 6.92 Å². The van der Waals surface area contributed by atoms with Crippen LogP contribution in [0, 0.1) is 5.92 Å². The van der Waals surface area contributed by atoms with Gasteiger partial charge in [-0.05, 0) is 31.4 Å². The third-order valence-corrected chi connectivity index (χ3v) is 6.70. The van der Waals surface area contributed by atoms with Crippen LogP contribution in [-0.4, -0.2) is 62.6 Å². The zero-order chi connectivity index (χ0) is 20.7. The lowest BCUT2D eigenvalue weighted by molar-refractivity contribution is -0.120. The minimum Gasteiger partial charge on any atom is -0.352 e. The highest BCUT2D eigenvalue weighted by Gasteiger charge is 2.33. The van der Waals surface area contributed by atoms with Gasteiger partial charge in [0.1, 0.15) is 0 Å². The van der Waals surface area contributed by atoms with Gasteiger partial charge in [0.15, 0.2) is 0 Å². The van der Waals surface area contributed by atoms with Crippen LogP contribution >= 0.6 is 0 Å². The van der Waals surface area contributed by atoms with Gasteiger partial charge in [-0.2, -0.15) is 17.0 Å². The van der Waals surface area contributed by atoms with Crippen molar-refractivity contribution in [2.24, 2.45) is 5.92 Å². The Morgan fingerprint density at radius 1 is 1.25 bits per heavy atom. The van der Waals surface area contributed by atoms with E-state index in [2.05, 4.69) is 10.6 Å². The van der Waals surface area contributed by atoms with Crippen LogP contribution in [0.1, 0.15) is 43.0 Å². The second-order valence-electron chi connectivity index (χ2n) is 7.13. The van der Waals surface area contributed by atoms with Gasteiger partial charge in [0.05, 0.1) is 17.2 Å². The summed E-state index contributed by atoms with van der Waals surface area (Å²) >= 11 is 0. The number of hydrogen-bond donors (Lipinski definition) is 2. The molecule has 0 saturated carbocycles. The van der Waals surface area contributed by atoms with Crippen molar-refractivity contribution in [2.75, 3.05) is 39.0 Å². The second kappa shape index (κ2) is 9.99. The van der Waals surface area contributed by atoms with Crippen molar-refractivity contribution < 1.29 is 18.0 Å². The molecule has 2 N–H and O–H groups in total. The molecule has 1 fully saturated rings. The van der Waals surface area contributed by atoms with Crippen LogP contribution in [0.4, 0.5) is 5.69 Å². The Kier molecular flexibility index (Phi) is 7.97. The minimum atomic E-state index is -3.55. The van der Waals surface area contributed by atoms with Gasteiger partial charge in [0, 0.05) is 33.7 Å². The minimum absolute atomic E-state index is 0.136. The first-order chi connectivity index (χ1) is 13.3. The summed E-state index contributed by atoms with van der Waals surface area (Å²) in [6.45, 7) is 3.17. The van der Waals surface area contributed by atoms with Gasteiger partial charge in [-0.15, -0.1) is 0 Å². The van der Waals surface area contributed by atoms with Crippen LogP contribution in [-0.2, 0) is 15.0 Å². The molecule has 156 valence electrons. The molecule has 1 unspecified atom stereocenters. The molecule has 0 spiro atoms. The number of benzene rings is 1. The third-order valence-electron chi connectivity index (χ3n) is 4.79. The Balaban J connectivity index is 2.07. The smallest absolute Gasteiger partial charge is 0.281 e. The maximum absolute atomic E-state index is 12.8. The number of unbranched alkanes of at least 4 members (excludes halogenated alkanes) is 1. The summed E-state index contributed by atoms with van der Waals surface area (Å²) in [6.07, 6.45) is 3.09. The molecule has 0 radical (unpaired) electrons. The molecule has 0 aliphatic carbocycles. The Morgan fingerprint density at radius 2 is 1.96 bits per heavy atom. The zero-order valence-corrected chi connectivity index (χ0v) is 17.6. The number of carbonyl (C=O) groups excluding carboxylic acids is 2. The summed E-state index contributed by atoms with van der Waals surface area (Å²) < 4.78 is 27.2. The summed E-state index contributed by atoms with van der Waals surface area (Å²) in [4.78, 5) is 25.2. The maximum atomic E-state index is 12.8. The molecule has 1 aromatic carbocycles. The van der Waals surface area contributed by atoms with Crippen LogP contribution in [0.3, 0.4) is 0 Å². The van der Waals surface area contributed by atoms with Gasteiger partial charge < -0.3 is 10.6 Å². The monoisotopic (exact) mass is 410 g/mol. The SMILES string of the molecule is CCCCNC(=O)c1ccccc1NC(=O)C1CCCN(S(=O)(=O)N(C)C)C1. The molecular weight excluding hydrogens is 380 g/mol. The average Bonchev–Trinajstić information content (AvgIpc) is 2.68. The van der Waals surface area contributed by atoms with Crippen molar-refractivity contribution in [2.45, 2.75) is 32.6 Å². The Morgan fingerprint density at radius 3 is 2.64 bits per heavy atom. The number of para-hydroxylation sites is 1. The van der Waals surface area contributed by atoms with E-state index < -0.39 is 16.1 Å². The lowest BCUT2D eigenvalue weighted by Crippen LogP contribution is -2.47. The number of rotatable bonds is 8. The van der Waals surface area contributed by atoms with Crippen LogP contribution in [0.2, 0.25) is 0 Å². The molecule has 1 atom stereocenters. The van der Waals surface area contributed by atoms with E-state index in [-0.39, 0.29) is 18.4 Å². The van der Waals surface area contributed by atoms with Crippen molar-refractivity contribution in [3.8, 4) is 0 Å². The number of nitrogens with one attached hydrogen (secondary N) is 2. The first-order valence-corrected chi connectivity index (χ1v) is 11.0. The molecule has 28 heavy (non-hydrogen) atoms. The van der Waals surface area contributed by atoms with E-state index in [0.717, 1.165) is 17.1 Å². The highest BCUT2D eigenvalue weighted by atomic mass is 32.2. The second-order valence-corrected chi connectivity index (χ2v) is 9.27. The molecule has 1 aliphatic rings. The Bertz CT molecular complexity index is 795. The van der Waals surface area contributed by atoms with E-state index in [9.17, 15) is 18.0 Å². The summed E-state index contributed by atoms with van der Waals surface area (Å²) in [7, 11) is -0.594. The fourth-order valence-electron chi connectivity index (χ4n) is 3.10. The number of amides is 2. The molecule has 1 aliphatic heterocycles. The summed E-state index contributed by atoms with van der Waals surface area (Å²) in [5, 5.41) is 5.67. The van der Waals surface area contributed by atoms with Gasteiger partial charge in [-0.25, -0.2) is 0 Å². The largest absolute Gasteiger partial charge is 0.352 e. The number of hydrogen-bond acceptors (Lipinski definition) is 4. The standard InChI is InChI=1S/C19H30N4O4S/c1-4-5-12-20-19(25)16-10-6-7-11-17(16)21-18(24)15-9-8-13-23(14-15)28(26,27)22(2)3/h6-7,10-11,15H,4-5,8-9,12-14H2,1-3H3,(H,20,25)(H,21,24). The molecule has 0 aromatic heterocycles. The number of carbonyl (C=O) groups is 2. The topological polar surface area (TPSA) is 98.8 Å². The first kappa shape index (κ1) is 22.3. The van der Waals surface area contributed by atoms with E-state index in [0.29, 0.717) is 37.2 Å². The normalized spacial score (nSPS) is 18.1. The van der Waals surface area contributed by atoms with Crippen LogP contribution in [0.5, 0.6) is 0 Å². The predicted octanol–water partition coefficient (Wildman–Crippen LogP) is 1.67. The molecule has 1 saturated heterocycles. The van der Waals surface area contributed by atoms with E-state index in [1.54, 1.807) is 24.3 Å². The quantitative estimate of drug-likeness (QED) is 0.637. The van der Waals surface area contributed by atoms with Gasteiger partial charge >= 0.3 is 0 Å². The van der Waals surface area contributed by atoms with Gasteiger partial charge in [-0.3, -0.25) is 9.59 Å². The molecule has 1 aromatic rings. The number of nitrogens with zero attached hydrogens (tertiary/aromatic N) is 2. The third kappa shape index (κ3) is 5.52. The van der Waals surface area contributed by atoms with Crippen molar-refractivity contribution in [3.63, 3.8) is 0 Å². The Labute approximate surface area is 167 Å². The molecular formula is C19H30N4O4S. The molecule has 1 heterocycles. The van der Waals surface area contributed by atoms with Crippen LogP contribution in [0.25, 0.3) is 0 Å². The average molecular weight is 411 g/mol. The molecule has 0 bridgehead atoms. The van der Waals surface area contributed by atoms with Crippen molar-refractivity contribution in [1.29, 1.82) is 0 Å². The highest BCUT2D eigenvalue weighted by molar-refractivity contribution is 7.86. The lowest BCUT2D eigenvalue weighted by atomic mass is 9.98. The fraction of sp³-hybridized carbons (Fsp3) is 0.579. The highest BCUT2D eigenvalue weighted by Crippen LogP contribution is 2.23. The van der Waals surface area contributed by atoms with Gasteiger partial charge in [-0.1, -0.05) is 25.5 Å². The summed E-state index contributed by atoms with van der Waals surface area (Å²) in [6, 6.07) is 6.85. The Hall–Kier alpha value is -1.97. The zero-order valence-electron chi connectivity index (χ0n) is 16.8. The molecule has 2 amide bonds.